The molecule has 0 radical (unpaired) electrons. The van der Waals surface area contributed by atoms with E-state index in [1.54, 1.807) is 28.9 Å². The largest absolute Gasteiger partial charge is 0.262 e. The Labute approximate surface area is 121 Å². The first-order valence-corrected chi connectivity index (χ1v) is 6.52. The molecule has 0 atom stereocenters. The molecule has 18 heavy (non-hydrogen) atoms. The summed E-state index contributed by atoms with van der Waals surface area (Å²) in [5, 5.41) is 9.22. The van der Waals surface area contributed by atoms with Crippen LogP contribution in [0.2, 0.25) is 10.2 Å². The Hall–Kier alpha value is -1.17. The maximum atomic E-state index is 6.12. The Morgan fingerprint density at radius 2 is 1.94 bits per heavy atom. The molecule has 0 fully saturated rings. The lowest BCUT2D eigenvalue weighted by Gasteiger charge is -2.04. The van der Waals surface area contributed by atoms with E-state index in [0.29, 0.717) is 21.6 Å². The maximum Gasteiger partial charge on any atom is 0.180 e. The highest BCUT2D eigenvalue weighted by atomic mass is 79.9. The molecule has 0 spiro atoms. The van der Waals surface area contributed by atoms with Gasteiger partial charge < -0.3 is 0 Å². The van der Waals surface area contributed by atoms with Gasteiger partial charge in [0.05, 0.1) is 12.4 Å². The smallest absolute Gasteiger partial charge is 0.180 e. The number of fused-ring (bicyclic) bond motifs is 1. The van der Waals surface area contributed by atoms with Crippen molar-refractivity contribution in [1.29, 1.82) is 0 Å². The maximum absolute atomic E-state index is 6.12. The molecular formula is C11H5BrCl2N4. The third-order valence-electron chi connectivity index (χ3n) is 2.44. The Bertz CT molecular complexity index is 741. The molecule has 3 rings (SSSR count). The molecule has 0 saturated heterocycles. The van der Waals surface area contributed by atoms with Crippen LogP contribution < -0.4 is 0 Å². The van der Waals surface area contributed by atoms with E-state index in [1.807, 2.05) is 6.07 Å². The van der Waals surface area contributed by atoms with E-state index in [0.717, 1.165) is 10.0 Å². The van der Waals surface area contributed by atoms with E-state index in [9.17, 15) is 0 Å². The first kappa shape index (κ1) is 11.9. The Morgan fingerprint density at radius 3 is 2.78 bits per heavy atom. The molecule has 1 aromatic carbocycles. The van der Waals surface area contributed by atoms with Crippen LogP contribution in [0.3, 0.4) is 0 Å². The molecule has 0 amide bonds. The number of hydrogen-bond acceptors (Lipinski definition) is 3. The number of halogens is 3. The minimum absolute atomic E-state index is 0.444. The average molecular weight is 344 g/mol. The summed E-state index contributed by atoms with van der Waals surface area (Å²) in [5.41, 5.74) is 1.41. The summed E-state index contributed by atoms with van der Waals surface area (Å²) in [6.07, 6.45) is 3.14. The summed E-state index contributed by atoms with van der Waals surface area (Å²) in [6.45, 7) is 0. The van der Waals surface area contributed by atoms with E-state index >= 15 is 0 Å². The second kappa shape index (κ2) is 4.50. The van der Waals surface area contributed by atoms with Gasteiger partial charge in [-0.15, -0.1) is 10.2 Å². The van der Waals surface area contributed by atoms with Crippen molar-refractivity contribution in [3.05, 3.63) is 45.2 Å². The third kappa shape index (κ3) is 1.88. The first-order valence-electron chi connectivity index (χ1n) is 4.97. The van der Waals surface area contributed by atoms with E-state index in [2.05, 4.69) is 31.1 Å². The van der Waals surface area contributed by atoms with Crippen LogP contribution >= 0.6 is 39.1 Å². The normalized spacial score (nSPS) is 11.1. The Morgan fingerprint density at radius 1 is 1.11 bits per heavy atom. The topological polar surface area (TPSA) is 43.1 Å². The average Bonchev–Trinajstić information content (AvgIpc) is 2.77. The van der Waals surface area contributed by atoms with Gasteiger partial charge in [0.25, 0.3) is 0 Å². The van der Waals surface area contributed by atoms with Crippen LogP contribution in [0.25, 0.3) is 17.0 Å². The fourth-order valence-electron chi connectivity index (χ4n) is 1.66. The Balaban J connectivity index is 2.35. The number of rotatable bonds is 1. The van der Waals surface area contributed by atoms with Crippen LogP contribution in [0, 0.1) is 0 Å². The van der Waals surface area contributed by atoms with Gasteiger partial charge in [0, 0.05) is 15.1 Å². The minimum Gasteiger partial charge on any atom is -0.262 e. The van der Waals surface area contributed by atoms with Crippen LogP contribution in [0.15, 0.2) is 35.1 Å². The highest BCUT2D eigenvalue weighted by molar-refractivity contribution is 9.10. The van der Waals surface area contributed by atoms with Crippen molar-refractivity contribution in [2.24, 2.45) is 0 Å². The molecule has 4 nitrogen and oxygen atoms in total. The van der Waals surface area contributed by atoms with Crippen LogP contribution in [-0.4, -0.2) is 19.6 Å². The van der Waals surface area contributed by atoms with Crippen LogP contribution in [0.5, 0.6) is 0 Å². The zero-order valence-corrected chi connectivity index (χ0v) is 11.9. The number of nitrogens with zero attached hydrogens (tertiary/aromatic N) is 4. The van der Waals surface area contributed by atoms with Crippen molar-refractivity contribution in [3.63, 3.8) is 0 Å². The third-order valence-corrected chi connectivity index (χ3v) is 3.64. The highest BCUT2D eigenvalue weighted by Gasteiger charge is 2.13. The van der Waals surface area contributed by atoms with E-state index < -0.39 is 0 Å². The number of benzene rings is 1. The van der Waals surface area contributed by atoms with Crippen LogP contribution in [-0.2, 0) is 0 Å². The van der Waals surface area contributed by atoms with Gasteiger partial charge >= 0.3 is 0 Å². The lowest BCUT2D eigenvalue weighted by Crippen LogP contribution is -1.93. The van der Waals surface area contributed by atoms with E-state index in [1.165, 1.54) is 0 Å². The molecule has 2 aromatic heterocycles. The summed E-state index contributed by atoms with van der Waals surface area (Å²) < 4.78 is 2.58. The van der Waals surface area contributed by atoms with Gasteiger partial charge in [-0.1, -0.05) is 39.1 Å². The fourth-order valence-corrected chi connectivity index (χ4v) is 2.48. The summed E-state index contributed by atoms with van der Waals surface area (Å²) in [6, 6.07) is 5.45. The summed E-state index contributed by atoms with van der Waals surface area (Å²) in [7, 11) is 0. The van der Waals surface area contributed by atoms with Crippen molar-refractivity contribution < 1.29 is 0 Å². The van der Waals surface area contributed by atoms with Crippen LogP contribution in [0.1, 0.15) is 0 Å². The summed E-state index contributed by atoms with van der Waals surface area (Å²) in [4.78, 5) is 3.97. The van der Waals surface area contributed by atoms with Gasteiger partial charge in [-0.2, -0.15) is 0 Å². The fraction of sp³-hybridized carbons (Fsp3) is 0. The molecule has 0 aliphatic carbocycles. The predicted octanol–water partition coefficient (Wildman–Crippen LogP) is 3.86. The van der Waals surface area contributed by atoms with Gasteiger partial charge in [-0.3, -0.25) is 9.38 Å². The first-order chi connectivity index (χ1) is 8.66. The SMILES string of the molecule is Clc1ccc(Br)c(-c2nnc3cncc(Cl)n23)c1. The van der Waals surface area contributed by atoms with Crippen molar-refractivity contribution in [2.45, 2.75) is 0 Å². The lowest BCUT2D eigenvalue weighted by atomic mass is 10.2. The van der Waals surface area contributed by atoms with E-state index in [-0.39, 0.29) is 0 Å². The summed E-state index contributed by atoms with van der Waals surface area (Å²) >= 11 is 15.6. The molecule has 0 bridgehead atoms. The van der Waals surface area contributed by atoms with Gasteiger partial charge in [-0.25, -0.2) is 0 Å². The second-order valence-corrected chi connectivity index (χ2v) is 5.25. The van der Waals surface area contributed by atoms with Gasteiger partial charge in [0.15, 0.2) is 11.5 Å². The summed E-state index contributed by atoms with van der Waals surface area (Å²) in [5.74, 6) is 0.617. The minimum atomic E-state index is 0.444. The molecule has 2 heterocycles. The second-order valence-electron chi connectivity index (χ2n) is 3.57. The molecule has 3 aromatic rings. The molecule has 0 N–H and O–H groups in total. The van der Waals surface area contributed by atoms with Crippen molar-refractivity contribution in [1.82, 2.24) is 19.6 Å². The number of hydrogen-bond donors (Lipinski definition) is 0. The molecular weight excluding hydrogens is 339 g/mol. The monoisotopic (exact) mass is 342 g/mol. The van der Waals surface area contributed by atoms with E-state index in [4.69, 9.17) is 23.2 Å². The van der Waals surface area contributed by atoms with Gasteiger partial charge in [0.1, 0.15) is 5.15 Å². The van der Waals surface area contributed by atoms with Gasteiger partial charge in [0.2, 0.25) is 0 Å². The molecule has 0 aliphatic rings. The van der Waals surface area contributed by atoms with Crippen molar-refractivity contribution in [2.75, 3.05) is 0 Å². The highest BCUT2D eigenvalue weighted by Crippen LogP contribution is 2.30. The van der Waals surface area contributed by atoms with Crippen LogP contribution in [0.4, 0.5) is 0 Å². The quantitative estimate of drug-likeness (QED) is 0.673. The van der Waals surface area contributed by atoms with Crippen molar-refractivity contribution in [3.8, 4) is 11.4 Å². The van der Waals surface area contributed by atoms with Crippen molar-refractivity contribution >= 4 is 44.8 Å². The molecule has 0 aliphatic heterocycles. The molecule has 90 valence electrons. The predicted molar refractivity (Wildman–Crippen MR) is 73.9 cm³/mol. The van der Waals surface area contributed by atoms with Gasteiger partial charge in [-0.05, 0) is 18.2 Å². The lowest BCUT2D eigenvalue weighted by molar-refractivity contribution is 1.11. The zero-order valence-electron chi connectivity index (χ0n) is 8.81. The molecule has 0 saturated carbocycles. The Kier molecular flexibility index (Phi) is 2.97. The number of aromatic nitrogens is 4. The zero-order chi connectivity index (χ0) is 12.7. The molecule has 7 heteroatoms. The standard InChI is InChI=1S/C11H5BrCl2N4/c12-8-2-1-6(13)3-7(8)11-17-16-10-5-15-4-9(14)18(10)11/h1-5H. The molecule has 0 unspecified atom stereocenters.